The maximum atomic E-state index is 5.90. The highest BCUT2D eigenvalue weighted by Crippen LogP contribution is 2.24. The molecule has 0 radical (unpaired) electrons. The summed E-state index contributed by atoms with van der Waals surface area (Å²) in [5.41, 5.74) is 0. The van der Waals surface area contributed by atoms with Gasteiger partial charge in [-0.25, -0.2) is 0 Å². The van der Waals surface area contributed by atoms with E-state index in [0.29, 0.717) is 13.2 Å². The van der Waals surface area contributed by atoms with Crippen LogP contribution in [-0.4, -0.2) is 77.4 Å². The third-order valence-corrected chi connectivity index (χ3v) is 3.92. The van der Waals surface area contributed by atoms with E-state index in [-0.39, 0.29) is 24.8 Å². The van der Waals surface area contributed by atoms with Crippen LogP contribution in [0.15, 0.2) is 0 Å². The molecule has 5 rings (SSSR count). The van der Waals surface area contributed by atoms with Crippen molar-refractivity contribution in [1.29, 1.82) is 0 Å². The average molecular weight is 302 g/mol. The molecule has 0 aliphatic carbocycles. The van der Waals surface area contributed by atoms with Gasteiger partial charge >= 0.3 is 0 Å². The zero-order valence-corrected chi connectivity index (χ0v) is 12.4. The number of ether oxygens (including phenoxy) is 5. The Bertz CT molecular complexity index is 275. The smallest absolute Gasteiger partial charge is 0.159 e. The van der Waals surface area contributed by atoms with Gasteiger partial charge in [0.2, 0.25) is 0 Å². The predicted molar refractivity (Wildman–Crippen MR) is 75.0 cm³/mol. The van der Waals surface area contributed by atoms with Crippen molar-refractivity contribution >= 4 is 0 Å². The van der Waals surface area contributed by atoms with Gasteiger partial charge in [-0.2, -0.15) is 0 Å². The normalized spacial score (nSPS) is 40.0. The van der Waals surface area contributed by atoms with Crippen LogP contribution in [0.3, 0.4) is 0 Å². The summed E-state index contributed by atoms with van der Waals surface area (Å²) in [7, 11) is 0. The van der Waals surface area contributed by atoms with Gasteiger partial charge in [0.25, 0.3) is 0 Å². The fraction of sp³-hybridized carbons (Fsp3) is 1.00. The van der Waals surface area contributed by atoms with E-state index in [2.05, 4.69) is 10.6 Å². The molecule has 0 saturated carbocycles. The fourth-order valence-corrected chi connectivity index (χ4v) is 2.72. The largest absolute Gasteiger partial charge is 0.379 e. The van der Waals surface area contributed by atoms with E-state index in [1.165, 1.54) is 0 Å². The zero-order valence-electron chi connectivity index (χ0n) is 12.4. The van der Waals surface area contributed by atoms with Crippen molar-refractivity contribution in [3.63, 3.8) is 0 Å². The Morgan fingerprint density at radius 1 is 0.667 bits per heavy atom. The number of nitrogens with one attached hydrogen (secondary N) is 2. The van der Waals surface area contributed by atoms with Crippen LogP contribution >= 0.6 is 0 Å². The van der Waals surface area contributed by atoms with Crippen LogP contribution in [0.5, 0.6) is 0 Å². The molecule has 5 saturated heterocycles. The Morgan fingerprint density at radius 2 is 1.19 bits per heavy atom. The zero-order chi connectivity index (χ0) is 14.3. The molecular formula is C14H26N2O5. The van der Waals surface area contributed by atoms with Crippen molar-refractivity contribution in [2.75, 3.05) is 52.6 Å². The summed E-state index contributed by atoms with van der Waals surface area (Å²) in [5, 5.41) is 6.67. The predicted octanol–water partition coefficient (Wildman–Crippen LogP) is -0.541. The fourth-order valence-electron chi connectivity index (χ4n) is 2.72. The summed E-state index contributed by atoms with van der Waals surface area (Å²) >= 11 is 0. The van der Waals surface area contributed by atoms with Crippen molar-refractivity contribution < 1.29 is 23.7 Å². The lowest BCUT2D eigenvalue weighted by molar-refractivity contribution is -0.337. The molecule has 5 fully saturated rings. The topological polar surface area (TPSA) is 70.2 Å². The lowest BCUT2D eigenvalue weighted by Gasteiger charge is -2.41. The Hall–Kier alpha value is -0.280. The molecular weight excluding hydrogens is 276 g/mol. The summed E-state index contributed by atoms with van der Waals surface area (Å²) in [4.78, 5) is 0. The Kier molecular flexibility index (Phi) is 6.23. The van der Waals surface area contributed by atoms with Gasteiger partial charge < -0.3 is 34.3 Å². The highest BCUT2D eigenvalue weighted by atomic mass is 16.8. The third kappa shape index (κ3) is 4.85. The molecule has 0 aromatic carbocycles. The molecule has 0 spiro atoms. The minimum atomic E-state index is -0.166. The SMILES string of the molecule is C1COCCNCC[C@@H]2OC[C@@H]3O[C@H](CCN1)OC[C@@H]3O2. The minimum Gasteiger partial charge on any atom is -0.379 e. The number of rotatable bonds is 0. The first-order valence-electron chi connectivity index (χ1n) is 7.95. The first kappa shape index (κ1) is 15.6. The lowest BCUT2D eigenvalue weighted by Crippen LogP contribution is -2.53. The Labute approximate surface area is 125 Å². The van der Waals surface area contributed by atoms with Crippen LogP contribution in [0.25, 0.3) is 0 Å². The number of hydrogen-bond donors (Lipinski definition) is 2. The van der Waals surface area contributed by atoms with Crippen LogP contribution < -0.4 is 10.6 Å². The third-order valence-electron chi connectivity index (χ3n) is 3.92. The molecule has 5 heterocycles. The van der Waals surface area contributed by atoms with E-state index >= 15 is 0 Å². The van der Waals surface area contributed by atoms with E-state index in [9.17, 15) is 0 Å². The van der Waals surface area contributed by atoms with Crippen molar-refractivity contribution in [3.8, 4) is 0 Å². The molecule has 5 aliphatic heterocycles. The molecule has 4 bridgehead atoms. The molecule has 5 aliphatic rings. The van der Waals surface area contributed by atoms with Gasteiger partial charge in [0, 0.05) is 39.0 Å². The second-order valence-corrected chi connectivity index (χ2v) is 5.56. The molecule has 21 heavy (non-hydrogen) atoms. The highest BCUT2D eigenvalue weighted by molar-refractivity contribution is 4.79. The molecule has 0 unspecified atom stereocenters. The first-order chi connectivity index (χ1) is 10.4. The van der Waals surface area contributed by atoms with Crippen molar-refractivity contribution in [2.45, 2.75) is 37.6 Å². The van der Waals surface area contributed by atoms with Gasteiger partial charge in [0.1, 0.15) is 12.2 Å². The van der Waals surface area contributed by atoms with Gasteiger partial charge in [-0.15, -0.1) is 0 Å². The summed E-state index contributed by atoms with van der Waals surface area (Å²) in [6.45, 7) is 6.06. The molecule has 7 heteroatoms. The molecule has 4 atom stereocenters. The summed E-state index contributed by atoms with van der Waals surface area (Å²) in [6.07, 6.45) is 1.31. The minimum absolute atomic E-state index is 0.00743. The van der Waals surface area contributed by atoms with Crippen LogP contribution in [0.2, 0.25) is 0 Å². The monoisotopic (exact) mass is 302 g/mol. The van der Waals surface area contributed by atoms with E-state index in [4.69, 9.17) is 23.7 Å². The average Bonchev–Trinajstić information content (AvgIpc) is 2.52. The maximum absolute atomic E-state index is 5.90. The molecule has 0 amide bonds. The van der Waals surface area contributed by atoms with E-state index in [1.807, 2.05) is 0 Å². The van der Waals surface area contributed by atoms with Gasteiger partial charge in [-0.05, 0) is 0 Å². The second-order valence-electron chi connectivity index (χ2n) is 5.56. The van der Waals surface area contributed by atoms with Gasteiger partial charge in [0.05, 0.1) is 26.4 Å². The summed E-state index contributed by atoms with van der Waals surface area (Å²) in [6, 6.07) is 0. The molecule has 7 nitrogen and oxygen atoms in total. The van der Waals surface area contributed by atoms with Crippen LogP contribution in [0.4, 0.5) is 0 Å². The van der Waals surface area contributed by atoms with Crippen LogP contribution in [-0.2, 0) is 23.7 Å². The van der Waals surface area contributed by atoms with Crippen molar-refractivity contribution in [1.82, 2.24) is 10.6 Å². The van der Waals surface area contributed by atoms with Gasteiger partial charge in [-0.3, -0.25) is 0 Å². The standard InChI is InChI=1S/C14H26N2O5/c1-3-15-5-7-17-8-6-16-4-2-14-19-10-11-12(21-14)9-18-13(1)20-11/h11-16H,1-10H2/t11-,12-,13+,14+/m0/s1. The van der Waals surface area contributed by atoms with Crippen LogP contribution in [0.1, 0.15) is 12.8 Å². The van der Waals surface area contributed by atoms with Gasteiger partial charge in [-0.1, -0.05) is 0 Å². The van der Waals surface area contributed by atoms with Crippen molar-refractivity contribution in [2.24, 2.45) is 0 Å². The van der Waals surface area contributed by atoms with E-state index < -0.39 is 0 Å². The summed E-state index contributed by atoms with van der Waals surface area (Å²) in [5.74, 6) is 0. The lowest BCUT2D eigenvalue weighted by atomic mass is 10.1. The highest BCUT2D eigenvalue weighted by Gasteiger charge is 2.38. The first-order valence-corrected chi connectivity index (χ1v) is 7.95. The van der Waals surface area contributed by atoms with Crippen molar-refractivity contribution in [3.05, 3.63) is 0 Å². The van der Waals surface area contributed by atoms with Crippen LogP contribution in [0, 0.1) is 0 Å². The number of hydrogen-bond acceptors (Lipinski definition) is 7. The Balaban J connectivity index is 1.51. The number of fused-ring (bicyclic) bond motifs is 2. The molecule has 122 valence electrons. The molecule has 2 N–H and O–H groups in total. The maximum Gasteiger partial charge on any atom is 0.159 e. The summed E-state index contributed by atoms with van der Waals surface area (Å²) < 4.78 is 28.8. The second kappa shape index (κ2) is 8.38. The van der Waals surface area contributed by atoms with E-state index in [0.717, 1.165) is 52.2 Å². The molecule has 0 aromatic heterocycles. The quantitative estimate of drug-likeness (QED) is 0.623. The van der Waals surface area contributed by atoms with Gasteiger partial charge in [0.15, 0.2) is 12.6 Å². The Morgan fingerprint density at radius 3 is 1.71 bits per heavy atom. The van der Waals surface area contributed by atoms with E-state index in [1.54, 1.807) is 0 Å². The molecule has 0 aromatic rings.